The molecule has 0 radical (unpaired) electrons. The minimum Gasteiger partial charge on any atom is -0.450 e. The van der Waals surface area contributed by atoms with Gasteiger partial charge in [0.25, 0.3) is 5.91 Å². The molecule has 26 heavy (non-hydrogen) atoms. The topological polar surface area (TPSA) is 87.7 Å². The molecule has 1 fully saturated rings. The lowest BCUT2D eigenvalue weighted by molar-refractivity contribution is 0.0946. The average molecular weight is 363 g/mol. The van der Waals surface area contributed by atoms with Gasteiger partial charge >= 0.3 is 6.09 Å². The Morgan fingerprint density at radius 2 is 1.92 bits per heavy atom. The molecular weight excluding hydrogens is 334 g/mol. The third-order valence-corrected chi connectivity index (χ3v) is 4.17. The van der Waals surface area contributed by atoms with E-state index in [0.717, 1.165) is 12.1 Å². The molecule has 2 amide bonds. The van der Waals surface area contributed by atoms with Crippen LogP contribution in [0.3, 0.4) is 0 Å². The molecule has 1 aliphatic heterocycles. The predicted octanol–water partition coefficient (Wildman–Crippen LogP) is 1.84. The van der Waals surface area contributed by atoms with E-state index < -0.39 is 0 Å². The van der Waals surface area contributed by atoms with Gasteiger partial charge in [0.05, 0.1) is 6.61 Å². The summed E-state index contributed by atoms with van der Waals surface area (Å²) >= 11 is 0. The smallest absolute Gasteiger partial charge is 0.409 e. The lowest BCUT2D eigenvalue weighted by atomic mass is 10.1. The van der Waals surface area contributed by atoms with Gasteiger partial charge in [0.1, 0.15) is 5.69 Å². The highest BCUT2D eigenvalue weighted by atomic mass is 16.6. The van der Waals surface area contributed by atoms with Crippen LogP contribution in [0.2, 0.25) is 0 Å². The van der Waals surface area contributed by atoms with E-state index in [9.17, 15) is 9.59 Å². The van der Waals surface area contributed by atoms with Gasteiger partial charge in [0.2, 0.25) is 5.95 Å². The van der Waals surface area contributed by atoms with Crippen LogP contribution in [-0.4, -0.2) is 66.2 Å². The number of rotatable bonds is 6. The summed E-state index contributed by atoms with van der Waals surface area (Å²) in [5.74, 6) is 0.888. The van der Waals surface area contributed by atoms with Crippen LogP contribution in [0.25, 0.3) is 0 Å². The monoisotopic (exact) mass is 363 g/mol. The van der Waals surface area contributed by atoms with Crippen LogP contribution in [0.5, 0.6) is 0 Å². The van der Waals surface area contributed by atoms with Gasteiger partial charge in [0.15, 0.2) is 0 Å². The lowest BCUT2D eigenvalue weighted by Crippen LogP contribution is -2.49. The number of hydrogen-bond donors (Lipinski definition) is 1. The molecule has 1 aromatic rings. The molecule has 8 heteroatoms. The number of nitrogens with zero attached hydrogens (tertiary/aromatic N) is 4. The van der Waals surface area contributed by atoms with Crippen LogP contribution in [0.1, 0.15) is 43.4 Å². The van der Waals surface area contributed by atoms with E-state index in [1.54, 1.807) is 17.9 Å². The van der Waals surface area contributed by atoms with Crippen LogP contribution >= 0.6 is 0 Å². The van der Waals surface area contributed by atoms with Crippen molar-refractivity contribution in [2.75, 3.05) is 44.2 Å². The standard InChI is InChI=1S/C18H29N5O3/c1-5-26-18(25)23-10-8-22(9-11-23)17-20-14(4)12-15(21-17)16(24)19-7-6-13(2)3/h12-13H,5-11H2,1-4H3,(H,19,24). The van der Waals surface area contributed by atoms with Gasteiger partial charge in [-0.25, -0.2) is 14.8 Å². The molecular formula is C18H29N5O3. The van der Waals surface area contributed by atoms with Crippen LogP contribution in [0.4, 0.5) is 10.7 Å². The number of amides is 2. The maximum Gasteiger partial charge on any atom is 0.409 e. The Morgan fingerprint density at radius 1 is 1.23 bits per heavy atom. The Bertz CT molecular complexity index is 627. The van der Waals surface area contributed by atoms with E-state index in [1.807, 2.05) is 11.8 Å². The number of piperazine rings is 1. The van der Waals surface area contributed by atoms with Crippen LogP contribution in [0, 0.1) is 12.8 Å². The third-order valence-electron chi connectivity index (χ3n) is 4.17. The second-order valence-electron chi connectivity index (χ2n) is 6.81. The van der Waals surface area contributed by atoms with Crippen molar-refractivity contribution in [3.8, 4) is 0 Å². The number of ether oxygens (including phenoxy) is 1. The van der Waals surface area contributed by atoms with E-state index in [4.69, 9.17) is 4.74 Å². The number of aryl methyl sites for hydroxylation is 1. The van der Waals surface area contributed by atoms with Gasteiger partial charge in [0, 0.05) is 38.4 Å². The minimum absolute atomic E-state index is 0.178. The predicted molar refractivity (Wildman–Crippen MR) is 99.4 cm³/mol. The first kappa shape index (κ1) is 19.9. The van der Waals surface area contributed by atoms with Gasteiger partial charge in [-0.3, -0.25) is 4.79 Å². The van der Waals surface area contributed by atoms with Crippen LogP contribution in [-0.2, 0) is 4.74 Å². The van der Waals surface area contributed by atoms with Crippen molar-refractivity contribution in [2.45, 2.75) is 34.1 Å². The molecule has 1 aromatic heterocycles. The minimum atomic E-state index is -0.289. The fraction of sp³-hybridized carbons (Fsp3) is 0.667. The van der Waals surface area contributed by atoms with E-state index in [1.165, 1.54) is 0 Å². The highest BCUT2D eigenvalue weighted by molar-refractivity contribution is 5.92. The SMILES string of the molecule is CCOC(=O)N1CCN(c2nc(C)cc(C(=O)NCCC(C)C)n2)CC1. The van der Waals surface area contributed by atoms with E-state index in [0.29, 0.717) is 56.9 Å². The number of hydrogen-bond acceptors (Lipinski definition) is 6. The third kappa shape index (κ3) is 5.57. The number of nitrogens with one attached hydrogen (secondary N) is 1. The molecule has 0 saturated carbocycles. The van der Waals surface area contributed by atoms with Crippen molar-refractivity contribution >= 4 is 17.9 Å². The Labute approximate surface area is 154 Å². The van der Waals surface area contributed by atoms with Crippen molar-refractivity contribution in [1.29, 1.82) is 0 Å². The Hall–Kier alpha value is -2.38. The number of anilines is 1. The molecule has 0 spiro atoms. The molecule has 0 aromatic carbocycles. The van der Waals surface area contributed by atoms with Gasteiger partial charge in [-0.05, 0) is 32.3 Å². The number of carbonyl (C=O) groups is 2. The van der Waals surface area contributed by atoms with Gasteiger partial charge in [-0.1, -0.05) is 13.8 Å². The first-order chi connectivity index (χ1) is 12.4. The van der Waals surface area contributed by atoms with Crippen LogP contribution in [0.15, 0.2) is 6.07 Å². The van der Waals surface area contributed by atoms with Crippen molar-refractivity contribution in [1.82, 2.24) is 20.2 Å². The van der Waals surface area contributed by atoms with Gasteiger partial charge < -0.3 is 19.9 Å². The van der Waals surface area contributed by atoms with Crippen molar-refractivity contribution in [3.63, 3.8) is 0 Å². The van der Waals surface area contributed by atoms with Crippen molar-refractivity contribution in [3.05, 3.63) is 17.5 Å². The largest absolute Gasteiger partial charge is 0.450 e. The highest BCUT2D eigenvalue weighted by Gasteiger charge is 2.24. The second-order valence-corrected chi connectivity index (χ2v) is 6.81. The molecule has 1 saturated heterocycles. The summed E-state index contributed by atoms with van der Waals surface area (Å²) in [6.07, 6.45) is 0.640. The van der Waals surface area contributed by atoms with Crippen molar-refractivity contribution < 1.29 is 14.3 Å². The number of carbonyl (C=O) groups excluding carboxylic acids is 2. The maximum atomic E-state index is 12.3. The highest BCUT2D eigenvalue weighted by Crippen LogP contribution is 2.14. The summed E-state index contributed by atoms with van der Waals surface area (Å²) < 4.78 is 5.03. The summed E-state index contributed by atoms with van der Waals surface area (Å²) in [5, 5.41) is 2.91. The first-order valence-corrected chi connectivity index (χ1v) is 9.21. The molecule has 0 aliphatic carbocycles. The molecule has 0 atom stereocenters. The van der Waals surface area contributed by atoms with E-state index >= 15 is 0 Å². The Morgan fingerprint density at radius 3 is 2.54 bits per heavy atom. The fourth-order valence-electron chi connectivity index (χ4n) is 2.68. The Balaban J connectivity index is 1.99. The van der Waals surface area contributed by atoms with E-state index in [2.05, 4.69) is 29.1 Å². The summed E-state index contributed by atoms with van der Waals surface area (Å²) in [7, 11) is 0. The zero-order chi connectivity index (χ0) is 19.1. The molecule has 144 valence electrons. The maximum absolute atomic E-state index is 12.3. The van der Waals surface area contributed by atoms with Gasteiger partial charge in [-0.2, -0.15) is 0 Å². The van der Waals surface area contributed by atoms with Crippen molar-refractivity contribution in [2.24, 2.45) is 5.92 Å². The average Bonchev–Trinajstić information content (AvgIpc) is 2.61. The normalized spacial score (nSPS) is 14.5. The molecule has 1 aliphatic rings. The second kappa shape index (κ2) is 9.35. The quantitative estimate of drug-likeness (QED) is 0.830. The first-order valence-electron chi connectivity index (χ1n) is 9.21. The molecule has 8 nitrogen and oxygen atoms in total. The van der Waals surface area contributed by atoms with E-state index in [-0.39, 0.29) is 12.0 Å². The molecule has 2 heterocycles. The Kier molecular flexibility index (Phi) is 7.17. The summed E-state index contributed by atoms with van der Waals surface area (Å²) in [4.78, 5) is 36.7. The summed E-state index contributed by atoms with van der Waals surface area (Å²) in [6.45, 7) is 11.2. The molecule has 1 N–H and O–H groups in total. The van der Waals surface area contributed by atoms with Gasteiger partial charge in [-0.15, -0.1) is 0 Å². The molecule has 2 rings (SSSR count). The summed E-state index contributed by atoms with van der Waals surface area (Å²) in [6, 6.07) is 1.70. The zero-order valence-corrected chi connectivity index (χ0v) is 16.1. The molecule has 0 bridgehead atoms. The number of aromatic nitrogens is 2. The lowest BCUT2D eigenvalue weighted by Gasteiger charge is -2.34. The fourth-order valence-corrected chi connectivity index (χ4v) is 2.68. The molecule has 0 unspecified atom stereocenters. The summed E-state index contributed by atoms with van der Waals surface area (Å²) in [5.41, 5.74) is 1.13. The van der Waals surface area contributed by atoms with Crippen LogP contribution < -0.4 is 10.2 Å². The zero-order valence-electron chi connectivity index (χ0n) is 16.1.